The summed E-state index contributed by atoms with van der Waals surface area (Å²) in [6.07, 6.45) is 2.72. The molecule has 0 aliphatic carbocycles. The molecule has 3 rings (SSSR count). The molecule has 0 unspecified atom stereocenters. The second-order valence-corrected chi connectivity index (χ2v) is 8.62. The molecule has 1 heterocycles. The molecule has 0 saturated heterocycles. The normalized spacial score (nSPS) is 13.9. The van der Waals surface area contributed by atoms with Gasteiger partial charge < -0.3 is 10.6 Å². The lowest BCUT2D eigenvalue weighted by molar-refractivity contribution is 0.102. The molecule has 27 heavy (non-hydrogen) atoms. The maximum atomic E-state index is 12.6. The third-order valence-corrected chi connectivity index (χ3v) is 5.76. The molecule has 0 fully saturated rings. The summed E-state index contributed by atoms with van der Waals surface area (Å²) in [7, 11) is -3.31. The number of hydrogen-bond donors (Lipinski definition) is 2. The van der Waals surface area contributed by atoms with Gasteiger partial charge in [0.15, 0.2) is 0 Å². The lowest BCUT2D eigenvalue weighted by Crippen LogP contribution is -2.34. The number of nitrogens with one attached hydrogen (secondary N) is 2. The van der Waals surface area contributed by atoms with E-state index in [9.17, 15) is 13.2 Å². The molecule has 2 N–H and O–H groups in total. The van der Waals surface area contributed by atoms with Gasteiger partial charge in [-0.2, -0.15) is 0 Å². The highest BCUT2D eigenvalue weighted by molar-refractivity contribution is 7.92. The summed E-state index contributed by atoms with van der Waals surface area (Å²) in [5.74, 6) is -0.199. The number of fused-ring (bicyclic) bond motifs is 1. The Morgan fingerprint density at radius 3 is 2.74 bits per heavy atom. The molecule has 6 nitrogen and oxygen atoms in total. The Morgan fingerprint density at radius 2 is 2.00 bits per heavy atom. The van der Waals surface area contributed by atoms with Crippen molar-refractivity contribution in [2.24, 2.45) is 0 Å². The van der Waals surface area contributed by atoms with Gasteiger partial charge in [0.05, 0.1) is 11.9 Å². The molecule has 2 aromatic rings. The summed E-state index contributed by atoms with van der Waals surface area (Å²) < 4.78 is 25.3. The van der Waals surface area contributed by atoms with Gasteiger partial charge in [-0.25, -0.2) is 8.42 Å². The molecule has 144 valence electrons. The smallest absolute Gasteiger partial charge is 0.255 e. The van der Waals surface area contributed by atoms with E-state index in [1.165, 1.54) is 10.6 Å². The Hall–Kier alpha value is -2.38. The molecular weight excluding hydrogens is 362 g/mol. The highest BCUT2D eigenvalue weighted by Crippen LogP contribution is 2.30. The number of rotatable bonds is 6. The van der Waals surface area contributed by atoms with Crippen LogP contribution in [0.2, 0.25) is 0 Å². The summed E-state index contributed by atoms with van der Waals surface area (Å²) >= 11 is 0. The number of carbonyl (C=O) groups is 1. The number of sulfonamides is 1. The van der Waals surface area contributed by atoms with E-state index < -0.39 is 10.0 Å². The van der Waals surface area contributed by atoms with Crippen LogP contribution in [0.4, 0.5) is 11.4 Å². The fraction of sp³-hybridized carbons (Fsp3) is 0.350. The molecule has 1 amide bonds. The average Bonchev–Trinajstić information content (AvgIpc) is 2.65. The maximum Gasteiger partial charge on any atom is 0.255 e. The molecule has 0 bridgehead atoms. The van der Waals surface area contributed by atoms with Crippen molar-refractivity contribution in [3.05, 3.63) is 59.2 Å². The SMILES string of the molecule is CCNCc1cccc(NC(=O)c2ccc3c(c2)CCCN3S(C)(=O)=O)c1. The first-order valence-electron chi connectivity index (χ1n) is 9.10. The van der Waals surface area contributed by atoms with Gasteiger partial charge in [-0.05, 0) is 60.8 Å². The van der Waals surface area contributed by atoms with Crippen LogP contribution in [0, 0.1) is 0 Å². The minimum Gasteiger partial charge on any atom is -0.322 e. The first-order valence-corrected chi connectivity index (χ1v) is 10.9. The van der Waals surface area contributed by atoms with Crippen LogP contribution in [-0.2, 0) is 23.0 Å². The van der Waals surface area contributed by atoms with Crippen LogP contribution < -0.4 is 14.9 Å². The zero-order valence-electron chi connectivity index (χ0n) is 15.7. The van der Waals surface area contributed by atoms with Crippen LogP contribution in [-0.4, -0.2) is 33.7 Å². The topological polar surface area (TPSA) is 78.5 Å². The third-order valence-electron chi connectivity index (χ3n) is 4.58. The second-order valence-electron chi connectivity index (χ2n) is 6.72. The lowest BCUT2D eigenvalue weighted by atomic mass is 10.0. The summed E-state index contributed by atoms with van der Waals surface area (Å²) in [5.41, 5.74) is 3.93. The summed E-state index contributed by atoms with van der Waals surface area (Å²) in [4.78, 5) is 12.6. The minimum absolute atomic E-state index is 0.199. The zero-order valence-corrected chi connectivity index (χ0v) is 16.5. The monoisotopic (exact) mass is 387 g/mol. The molecule has 7 heteroatoms. The maximum absolute atomic E-state index is 12.6. The van der Waals surface area contributed by atoms with E-state index in [2.05, 4.69) is 10.6 Å². The number of anilines is 2. The van der Waals surface area contributed by atoms with E-state index in [-0.39, 0.29) is 5.91 Å². The molecule has 0 saturated carbocycles. The molecule has 0 aromatic heterocycles. The fourth-order valence-corrected chi connectivity index (χ4v) is 4.28. The molecule has 1 aliphatic rings. The predicted octanol–water partition coefficient (Wildman–Crippen LogP) is 2.76. The van der Waals surface area contributed by atoms with Crippen molar-refractivity contribution < 1.29 is 13.2 Å². The molecule has 1 aliphatic heterocycles. The van der Waals surface area contributed by atoms with Gasteiger partial charge in [0, 0.05) is 24.3 Å². The Bertz CT molecular complexity index is 941. The number of aryl methyl sites for hydroxylation is 1. The van der Waals surface area contributed by atoms with Gasteiger partial charge in [0.1, 0.15) is 0 Å². The van der Waals surface area contributed by atoms with Crippen LogP contribution in [0.5, 0.6) is 0 Å². The standard InChI is InChI=1S/C20H25N3O3S/c1-3-21-14-15-6-4-8-18(12-15)22-20(24)17-9-10-19-16(13-17)7-5-11-23(19)27(2,25)26/h4,6,8-10,12-13,21H,3,5,7,11,14H2,1-2H3,(H,22,24). The van der Waals surface area contributed by atoms with E-state index in [1.54, 1.807) is 18.2 Å². The first-order chi connectivity index (χ1) is 12.9. The van der Waals surface area contributed by atoms with Gasteiger partial charge >= 0.3 is 0 Å². The average molecular weight is 388 g/mol. The number of amides is 1. The van der Waals surface area contributed by atoms with E-state index in [1.807, 2.05) is 31.2 Å². The fourth-order valence-electron chi connectivity index (χ4n) is 3.28. The van der Waals surface area contributed by atoms with Gasteiger partial charge in [0.2, 0.25) is 10.0 Å². The Kier molecular flexibility index (Phi) is 5.82. The molecule has 0 atom stereocenters. The summed E-state index contributed by atoms with van der Waals surface area (Å²) in [6, 6.07) is 12.9. The van der Waals surface area contributed by atoms with Gasteiger partial charge in [-0.1, -0.05) is 19.1 Å². The number of hydrogen-bond acceptors (Lipinski definition) is 4. The predicted molar refractivity (Wildman–Crippen MR) is 109 cm³/mol. The van der Waals surface area contributed by atoms with Crippen molar-refractivity contribution in [3.8, 4) is 0 Å². The van der Waals surface area contributed by atoms with Crippen LogP contribution in [0.15, 0.2) is 42.5 Å². The second kappa shape index (κ2) is 8.10. The van der Waals surface area contributed by atoms with Gasteiger partial charge in [-0.3, -0.25) is 9.10 Å². The van der Waals surface area contributed by atoms with E-state index in [4.69, 9.17) is 0 Å². The van der Waals surface area contributed by atoms with E-state index in [0.29, 0.717) is 17.8 Å². The largest absolute Gasteiger partial charge is 0.322 e. The van der Waals surface area contributed by atoms with E-state index >= 15 is 0 Å². The summed E-state index contributed by atoms with van der Waals surface area (Å²) in [5, 5.41) is 6.19. The van der Waals surface area contributed by atoms with Crippen molar-refractivity contribution in [3.63, 3.8) is 0 Å². The molecule has 2 aromatic carbocycles. The van der Waals surface area contributed by atoms with Crippen LogP contribution >= 0.6 is 0 Å². The third kappa shape index (κ3) is 4.67. The van der Waals surface area contributed by atoms with Crippen LogP contribution in [0.1, 0.15) is 34.8 Å². The van der Waals surface area contributed by atoms with Gasteiger partial charge in [0.25, 0.3) is 5.91 Å². The van der Waals surface area contributed by atoms with Gasteiger partial charge in [-0.15, -0.1) is 0 Å². The molecular formula is C20H25N3O3S. The number of nitrogens with zero attached hydrogens (tertiary/aromatic N) is 1. The molecule has 0 radical (unpaired) electrons. The first kappa shape index (κ1) is 19.4. The minimum atomic E-state index is -3.31. The van der Waals surface area contributed by atoms with Crippen LogP contribution in [0.3, 0.4) is 0 Å². The highest BCUT2D eigenvalue weighted by atomic mass is 32.2. The summed E-state index contributed by atoms with van der Waals surface area (Å²) in [6.45, 7) is 4.17. The Labute approximate surface area is 160 Å². The zero-order chi connectivity index (χ0) is 19.4. The van der Waals surface area contributed by atoms with Crippen molar-refractivity contribution in [2.75, 3.05) is 29.0 Å². The number of carbonyl (C=O) groups excluding carboxylic acids is 1. The Balaban J connectivity index is 1.78. The number of benzene rings is 2. The van der Waals surface area contributed by atoms with Crippen molar-refractivity contribution in [1.82, 2.24) is 5.32 Å². The van der Waals surface area contributed by atoms with Crippen molar-refractivity contribution in [2.45, 2.75) is 26.3 Å². The Morgan fingerprint density at radius 1 is 1.19 bits per heavy atom. The molecule has 0 spiro atoms. The van der Waals surface area contributed by atoms with Crippen molar-refractivity contribution in [1.29, 1.82) is 0 Å². The van der Waals surface area contributed by atoms with Crippen LogP contribution in [0.25, 0.3) is 0 Å². The lowest BCUT2D eigenvalue weighted by Gasteiger charge is -2.29. The van der Waals surface area contributed by atoms with Crippen molar-refractivity contribution >= 4 is 27.3 Å². The van der Waals surface area contributed by atoms with E-state index in [0.717, 1.165) is 42.7 Å². The highest BCUT2D eigenvalue weighted by Gasteiger charge is 2.24. The quantitative estimate of drug-likeness (QED) is 0.799.